The number of halogens is 2. The van der Waals surface area contributed by atoms with Gasteiger partial charge < -0.3 is 10.2 Å². The molecule has 1 saturated carbocycles. The molecule has 1 fully saturated rings. The number of nitrogens with zero attached hydrogens (tertiary/aromatic N) is 1. The van der Waals surface area contributed by atoms with Crippen LogP contribution in [0.3, 0.4) is 0 Å². The maximum Gasteiger partial charge on any atom is 0.142 e. The average Bonchev–Trinajstić information content (AvgIpc) is 2.70. The van der Waals surface area contributed by atoms with Crippen LogP contribution >= 0.6 is 35.4 Å². The van der Waals surface area contributed by atoms with E-state index in [1.165, 1.54) is 0 Å². The second-order valence-electron chi connectivity index (χ2n) is 6.62. The van der Waals surface area contributed by atoms with Gasteiger partial charge >= 0.3 is 0 Å². The van der Waals surface area contributed by atoms with Crippen molar-refractivity contribution in [1.29, 1.82) is 0 Å². The fraction of sp³-hybridized carbons (Fsp3) is 0.333. The highest BCUT2D eigenvalue weighted by Gasteiger charge is 2.44. The standard InChI is InChI=1S/C21H22Cl2N2OS/c1-24-20(27)21(16-10-11-17(22)18(23)13-16)12-6-5-9-19(21)25-26-14-15-7-3-2-4-8-15/h2-4,7-8,10-11,13H,5-6,9,12,14H2,1H3,(H,24,27)/b25-19+. The predicted octanol–water partition coefficient (Wildman–Crippen LogP) is 5.92. The van der Waals surface area contributed by atoms with E-state index in [2.05, 4.69) is 10.5 Å². The maximum absolute atomic E-state index is 6.31. The van der Waals surface area contributed by atoms with Gasteiger partial charge in [0.2, 0.25) is 0 Å². The van der Waals surface area contributed by atoms with Crippen LogP contribution in [0.15, 0.2) is 53.7 Å². The summed E-state index contributed by atoms with van der Waals surface area (Å²) in [6.45, 7) is 0.425. The van der Waals surface area contributed by atoms with E-state index < -0.39 is 5.41 Å². The van der Waals surface area contributed by atoms with Crippen LogP contribution in [0.1, 0.15) is 36.8 Å². The van der Waals surface area contributed by atoms with Gasteiger partial charge in [-0.15, -0.1) is 0 Å². The summed E-state index contributed by atoms with van der Waals surface area (Å²) >= 11 is 18.2. The molecule has 1 atom stereocenters. The summed E-state index contributed by atoms with van der Waals surface area (Å²) in [5.41, 5.74) is 2.49. The highest BCUT2D eigenvalue weighted by Crippen LogP contribution is 2.40. The van der Waals surface area contributed by atoms with Gasteiger partial charge in [0.25, 0.3) is 0 Å². The van der Waals surface area contributed by atoms with Crippen LogP contribution < -0.4 is 5.32 Å². The zero-order valence-electron chi connectivity index (χ0n) is 15.2. The number of nitrogens with one attached hydrogen (secondary N) is 1. The van der Waals surface area contributed by atoms with Gasteiger partial charge in [0, 0.05) is 7.05 Å². The van der Waals surface area contributed by atoms with Gasteiger partial charge in [-0.1, -0.05) is 83.4 Å². The van der Waals surface area contributed by atoms with Crippen LogP contribution in [-0.4, -0.2) is 17.7 Å². The molecule has 1 aliphatic rings. The molecule has 0 heterocycles. The highest BCUT2D eigenvalue weighted by molar-refractivity contribution is 7.80. The summed E-state index contributed by atoms with van der Waals surface area (Å²) in [5.74, 6) is 0. The quantitative estimate of drug-likeness (QED) is 0.480. The molecule has 0 amide bonds. The Labute approximate surface area is 175 Å². The Balaban J connectivity index is 1.96. The summed E-state index contributed by atoms with van der Waals surface area (Å²) in [7, 11) is 1.85. The first kappa shape index (κ1) is 20.1. The van der Waals surface area contributed by atoms with Crippen molar-refractivity contribution in [1.82, 2.24) is 5.32 Å². The lowest BCUT2D eigenvalue weighted by Gasteiger charge is -2.39. The van der Waals surface area contributed by atoms with Gasteiger partial charge in [0.1, 0.15) is 6.61 Å². The third-order valence-electron chi connectivity index (χ3n) is 4.98. The van der Waals surface area contributed by atoms with Crippen molar-refractivity contribution in [2.45, 2.75) is 37.7 Å². The summed E-state index contributed by atoms with van der Waals surface area (Å²) in [5, 5.41) is 8.75. The van der Waals surface area contributed by atoms with Crippen molar-refractivity contribution in [3.8, 4) is 0 Å². The third kappa shape index (κ3) is 4.29. The van der Waals surface area contributed by atoms with Crippen LogP contribution in [-0.2, 0) is 16.9 Å². The lowest BCUT2D eigenvalue weighted by atomic mass is 9.67. The average molecular weight is 421 g/mol. The molecular weight excluding hydrogens is 399 g/mol. The molecule has 0 aromatic heterocycles. The Kier molecular flexibility index (Phi) is 6.74. The molecule has 3 rings (SSSR count). The summed E-state index contributed by atoms with van der Waals surface area (Å²) in [6.07, 6.45) is 3.80. The molecule has 0 aliphatic heterocycles. The molecule has 1 N–H and O–H groups in total. The van der Waals surface area contributed by atoms with E-state index in [-0.39, 0.29) is 0 Å². The van der Waals surface area contributed by atoms with Crippen LogP contribution in [0.4, 0.5) is 0 Å². The normalized spacial score (nSPS) is 21.1. The first-order valence-electron chi connectivity index (χ1n) is 8.99. The van der Waals surface area contributed by atoms with Crippen molar-refractivity contribution >= 4 is 46.1 Å². The summed E-state index contributed by atoms with van der Waals surface area (Å²) in [4.78, 5) is 6.45. The van der Waals surface area contributed by atoms with Gasteiger partial charge in [0.15, 0.2) is 0 Å². The fourth-order valence-corrected chi connectivity index (χ4v) is 4.22. The second-order valence-corrected chi connectivity index (χ2v) is 7.84. The second kappa shape index (κ2) is 9.05. The predicted molar refractivity (Wildman–Crippen MR) is 117 cm³/mol. The van der Waals surface area contributed by atoms with Crippen LogP contribution in [0.5, 0.6) is 0 Å². The molecule has 3 nitrogen and oxygen atoms in total. The minimum atomic E-state index is -0.521. The lowest BCUT2D eigenvalue weighted by molar-refractivity contribution is 0.127. The van der Waals surface area contributed by atoms with Crippen molar-refractivity contribution in [2.24, 2.45) is 5.16 Å². The largest absolute Gasteiger partial charge is 0.391 e. The Morgan fingerprint density at radius 3 is 2.63 bits per heavy atom. The van der Waals surface area contributed by atoms with E-state index in [9.17, 15) is 0 Å². The molecule has 2 aromatic rings. The lowest BCUT2D eigenvalue weighted by Crippen LogP contribution is -2.50. The fourth-order valence-electron chi connectivity index (χ4n) is 3.58. The van der Waals surface area contributed by atoms with Gasteiger partial charge in [0.05, 0.1) is 26.2 Å². The molecule has 0 bridgehead atoms. The maximum atomic E-state index is 6.31. The van der Waals surface area contributed by atoms with E-state index in [1.807, 2.05) is 55.6 Å². The zero-order valence-corrected chi connectivity index (χ0v) is 17.5. The minimum absolute atomic E-state index is 0.425. The number of hydrogen-bond donors (Lipinski definition) is 1. The topological polar surface area (TPSA) is 33.6 Å². The SMILES string of the molecule is CNC(=S)C1(c2ccc(Cl)c(Cl)c2)CCCC/C1=N\OCc1ccccc1. The molecule has 27 heavy (non-hydrogen) atoms. The van der Waals surface area contributed by atoms with Crippen LogP contribution in [0.2, 0.25) is 10.0 Å². The minimum Gasteiger partial charge on any atom is -0.391 e. The monoisotopic (exact) mass is 420 g/mol. The third-order valence-corrected chi connectivity index (χ3v) is 6.28. The zero-order chi connectivity index (χ0) is 19.3. The van der Waals surface area contributed by atoms with Crippen molar-refractivity contribution in [3.05, 3.63) is 69.7 Å². The number of thiocarbonyl (C=S) groups is 1. The molecule has 1 aliphatic carbocycles. The Bertz CT molecular complexity index is 841. The van der Waals surface area contributed by atoms with Gasteiger partial charge in [-0.3, -0.25) is 0 Å². The Hall–Kier alpha value is -1.62. The Morgan fingerprint density at radius 2 is 1.93 bits per heavy atom. The first-order chi connectivity index (χ1) is 13.1. The molecule has 6 heteroatoms. The van der Waals surface area contributed by atoms with Crippen LogP contribution in [0.25, 0.3) is 0 Å². The molecule has 0 saturated heterocycles. The number of hydrogen-bond acceptors (Lipinski definition) is 3. The molecule has 0 spiro atoms. The van der Waals surface area contributed by atoms with E-state index in [4.69, 9.17) is 40.3 Å². The number of rotatable bonds is 5. The summed E-state index contributed by atoms with van der Waals surface area (Å²) < 4.78 is 0. The van der Waals surface area contributed by atoms with Gasteiger partial charge in [-0.2, -0.15) is 0 Å². The molecule has 2 aromatic carbocycles. The smallest absolute Gasteiger partial charge is 0.142 e. The van der Waals surface area contributed by atoms with Crippen molar-refractivity contribution < 1.29 is 4.84 Å². The molecule has 0 radical (unpaired) electrons. The molecular formula is C21H22Cl2N2OS. The van der Waals surface area contributed by atoms with Gasteiger partial charge in [-0.05, 0) is 42.5 Å². The molecule has 1 unspecified atom stereocenters. The summed E-state index contributed by atoms with van der Waals surface area (Å²) in [6, 6.07) is 15.7. The van der Waals surface area contributed by atoms with Crippen molar-refractivity contribution in [2.75, 3.05) is 7.05 Å². The van der Waals surface area contributed by atoms with E-state index in [1.54, 1.807) is 0 Å². The highest BCUT2D eigenvalue weighted by atomic mass is 35.5. The van der Waals surface area contributed by atoms with Crippen molar-refractivity contribution in [3.63, 3.8) is 0 Å². The van der Waals surface area contributed by atoms with E-state index in [0.29, 0.717) is 16.7 Å². The van der Waals surface area contributed by atoms with Crippen LogP contribution in [0, 0.1) is 0 Å². The number of oxime groups is 1. The van der Waals surface area contributed by atoms with E-state index >= 15 is 0 Å². The number of likely N-dealkylation sites (N-methyl/N-ethyl adjacent to an activating group) is 1. The van der Waals surface area contributed by atoms with Gasteiger partial charge in [-0.25, -0.2) is 0 Å². The first-order valence-corrected chi connectivity index (χ1v) is 10.2. The van der Waals surface area contributed by atoms with E-state index in [0.717, 1.165) is 47.5 Å². The number of benzene rings is 2. The Morgan fingerprint density at radius 1 is 1.15 bits per heavy atom. The molecule has 142 valence electrons.